The summed E-state index contributed by atoms with van der Waals surface area (Å²) < 4.78 is 9.29. The van der Waals surface area contributed by atoms with Crippen LogP contribution < -0.4 is 5.32 Å². The van der Waals surface area contributed by atoms with Gasteiger partial charge in [0.1, 0.15) is 23.2 Å². The number of aliphatic imine (C=N–C) groups is 2. The van der Waals surface area contributed by atoms with Gasteiger partial charge in [0.15, 0.2) is 5.84 Å². The lowest BCUT2D eigenvalue weighted by Crippen LogP contribution is -2.33. The second-order valence-electron chi connectivity index (χ2n) is 15.8. The summed E-state index contributed by atoms with van der Waals surface area (Å²) in [6.07, 6.45) is -0.368. The second-order valence-corrected chi connectivity index (χ2v) is 15.8. The molecule has 5 heteroatoms. The minimum absolute atomic E-state index is 0.368. The van der Waals surface area contributed by atoms with E-state index in [4.69, 9.17) is 14.4 Å². The summed E-state index contributed by atoms with van der Waals surface area (Å²) >= 11 is 0. The first kappa shape index (κ1) is 35.6. The highest BCUT2D eigenvalue weighted by atomic mass is 16.3. The van der Waals surface area contributed by atoms with Crippen molar-refractivity contribution in [3.05, 3.63) is 235 Å². The zero-order chi connectivity index (χ0) is 41.0. The summed E-state index contributed by atoms with van der Waals surface area (Å²) in [6.45, 7) is 0. The largest absolute Gasteiger partial charge is 0.455 e. The van der Waals surface area contributed by atoms with E-state index in [1.807, 2.05) is 24.3 Å². The maximum absolute atomic E-state index is 6.91. The lowest BCUT2D eigenvalue weighted by molar-refractivity contribution is 0.663. The first-order valence-corrected chi connectivity index (χ1v) is 21.0. The first-order chi connectivity index (χ1) is 30.7. The number of nitrogens with zero attached hydrogens (tertiary/aromatic N) is 3. The van der Waals surface area contributed by atoms with Gasteiger partial charge in [-0.2, -0.15) is 0 Å². The topological polar surface area (TPSA) is 54.8 Å². The van der Waals surface area contributed by atoms with Crippen molar-refractivity contribution in [2.45, 2.75) is 6.17 Å². The van der Waals surface area contributed by atoms with Gasteiger partial charge in [-0.25, -0.2) is 9.98 Å². The molecule has 1 aliphatic rings. The van der Waals surface area contributed by atoms with Crippen LogP contribution in [0.4, 0.5) is 0 Å². The molecule has 11 aromatic rings. The van der Waals surface area contributed by atoms with Crippen molar-refractivity contribution in [2.24, 2.45) is 9.98 Å². The Hall–Kier alpha value is -8.28. The first-order valence-electron chi connectivity index (χ1n) is 21.0. The summed E-state index contributed by atoms with van der Waals surface area (Å²) in [4.78, 5) is 10.5. The molecule has 3 heterocycles. The van der Waals surface area contributed by atoms with Crippen LogP contribution in [0, 0.1) is 0 Å². The summed E-state index contributed by atoms with van der Waals surface area (Å²) in [6, 6.07) is 77.0. The van der Waals surface area contributed by atoms with Gasteiger partial charge < -0.3 is 14.3 Å². The Morgan fingerprint density at radius 2 is 1.00 bits per heavy atom. The van der Waals surface area contributed by atoms with Crippen LogP contribution in [-0.4, -0.2) is 16.2 Å². The Kier molecular flexibility index (Phi) is 8.49. The Balaban J connectivity index is 0.989. The zero-order valence-electron chi connectivity index (χ0n) is 33.6. The van der Waals surface area contributed by atoms with Crippen LogP contribution in [0.2, 0.25) is 0 Å². The highest BCUT2D eigenvalue weighted by Gasteiger charge is 2.25. The van der Waals surface area contributed by atoms with Crippen LogP contribution in [-0.2, 0) is 0 Å². The molecule has 5 nitrogen and oxygen atoms in total. The van der Waals surface area contributed by atoms with Crippen molar-refractivity contribution < 1.29 is 4.42 Å². The van der Waals surface area contributed by atoms with Gasteiger partial charge in [0, 0.05) is 32.8 Å². The molecule has 0 radical (unpaired) electrons. The summed E-state index contributed by atoms with van der Waals surface area (Å²) in [5.74, 6) is 1.38. The number of para-hydroxylation sites is 2. The van der Waals surface area contributed by atoms with Crippen molar-refractivity contribution in [1.82, 2.24) is 9.88 Å². The molecule has 1 N–H and O–H groups in total. The summed E-state index contributed by atoms with van der Waals surface area (Å²) in [5, 5.41) is 8.01. The summed E-state index contributed by atoms with van der Waals surface area (Å²) in [5.41, 5.74) is 14.9. The number of rotatable bonds is 7. The van der Waals surface area contributed by atoms with Gasteiger partial charge in [-0.15, -0.1) is 0 Å². The van der Waals surface area contributed by atoms with Gasteiger partial charge in [0.25, 0.3) is 0 Å². The van der Waals surface area contributed by atoms with Crippen molar-refractivity contribution in [1.29, 1.82) is 0 Å². The molecule has 0 aliphatic carbocycles. The molecule has 0 spiro atoms. The molecule has 12 rings (SSSR count). The van der Waals surface area contributed by atoms with Gasteiger partial charge in [0.05, 0.1) is 16.6 Å². The molecule has 62 heavy (non-hydrogen) atoms. The lowest BCUT2D eigenvalue weighted by atomic mass is 10.00. The van der Waals surface area contributed by atoms with Crippen molar-refractivity contribution in [3.63, 3.8) is 0 Å². The third kappa shape index (κ3) is 6.18. The van der Waals surface area contributed by atoms with Gasteiger partial charge in [-0.1, -0.05) is 176 Å². The van der Waals surface area contributed by atoms with Gasteiger partial charge in [-0.05, 0) is 81.4 Å². The van der Waals surface area contributed by atoms with E-state index in [1.54, 1.807) is 0 Å². The van der Waals surface area contributed by atoms with Gasteiger partial charge >= 0.3 is 0 Å². The molecule has 0 saturated heterocycles. The third-order valence-corrected chi connectivity index (χ3v) is 12.1. The van der Waals surface area contributed by atoms with Gasteiger partial charge in [0.2, 0.25) is 0 Å². The van der Waals surface area contributed by atoms with E-state index in [2.05, 4.69) is 204 Å². The van der Waals surface area contributed by atoms with E-state index < -0.39 is 0 Å². The third-order valence-electron chi connectivity index (χ3n) is 12.1. The molecule has 9 aromatic carbocycles. The zero-order valence-corrected chi connectivity index (χ0v) is 33.6. The van der Waals surface area contributed by atoms with Crippen LogP contribution in [0.15, 0.2) is 233 Å². The van der Waals surface area contributed by atoms with Crippen LogP contribution >= 0.6 is 0 Å². The molecule has 1 unspecified atom stereocenters. The standard InChI is InChI=1S/C57H38N4O/c1-4-15-37(16-5-1)39-29-31-40(32-30-39)43-22-13-24-45(34-43)61-51-28-11-10-25-46(51)49-36-53-50(35-52(49)61)47-26-14-27-48(54(47)62-53)57-59-55(41-19-8-3-9-20-41)58-56(60-57)44-23-12-21-42(33-44)38-17-6-2-7-18-38/h1-36,56H,(H,58,59,60). The molecule has 0 bridgehead atoms. The fraction of sp³-hybridized carbons (Fsp3) is 0.0175. The van der Waals surface area contributed by atoms with Crippen molar-refractivity contribution >= 4 is 55.4 Å². The maximum Gasteiger partial charge on any atom is 0.163 e. The average Bonchev–Trinajstić information content (AvgIpc) is 3.89. The number of benzene rings is 9. The van der Waals surface area contributed by atoms with Crippen LogP contribution in [0.1, 0.15) is 22.9 Å². The average molecular weight is 795 g/mol. The Labute approximate surface area is 358 Å². The van der Waals surface area contributed by atoms with Crippen LogP contribution in [0.5, 0.6) is 0 Å². The fourth-order valence-corrected chi connectivity index (χ4v) is 9.03. The fourth-order valence-electron chi connectivity index (χ4n) is 9.03. The second kappa shape index (κ2) is 14.8. The molecule has 1 atom stereocenters. The Morgan fingerprint density at radius 1 is 0.419 bits per heavy atom. The van der Waals surface area contributed by atoms with Crippen molar-refractivity contribution in [2.75, 3.05) is 0 Å². The van der Waals surface area contributed by atoms with Crippen LogP contribution in [0.25, 0.3) is 82.8 Å². The van der Waals surface area contributed by atoms with E-state index in [1.165, 1.54) is 22.1 Å². The van der Waals surface area contributed by atoms with E-state index >= 15 is 0 Å². The quantitative estimate of drug-likeness (QED) is 0.175. The molecular weight excluding hydrogens is 757 g/mol. The highest BCUT2D eigenvalue weighted by Crippen LogP contribution is 2.40. The number of fused-ring (bicyclic) bond motifs is 6. The van der Waals surface area contributed by atoms with E-state index in [-0.39, 0.29) is 6.17 Å². The molecule has 0 fully saturated rings. The minimum atomic E-state index is -0.368. The lowest BCUT2D eigenvalue weighted by Gasteiger charge is -2.24. The Morgan fingerprint density at radius 3 is 1.76 bits per heavy atom. The maximum atomic E-state index is 6.91. The molecule has 2 aromatic heterocycles. The normalized spacial score (nSPS) is 14.0. The number of aromatic nitrogens is 1. The SMILES string of the molecule is c1ccc(C2=NC(c3cccc4c3oc3cc5c6ccccc6n(-c6cccc(-c7ccc(-c8ccccc8)cc7)c6)c5cc34)=NC(c3cccc(-c4ccccc4)c3)N2)cc1. The predicted molar refractivity (Wildman–Crippen MR) is 256 cm³/mol. The monoisotopic (exact) mass is 794 g/mol. The number of hydrogen-bond acceptors (Lipinski definition) is 4. The Bertz CT molecular complexity index is 3530. The van der Waals surface area contributed by atoms with E-state index in [0.717, 1.165) is 83.3 Å². The number of amidine groups is 2. The molecule has 1 aliphatic heterocycles. The van der Waals surface area contributed by atoms with E-state index in [9.17, 15) is 0 Å². The number of furan rings is 1. The number of nitrogens with one attached hydrogen (secondary N) is 1. The number of hydrogen-bond donors (Lipinski definition) is 1. The van der Waals surface area contributed by atoms with Crippen LogP contribution in [0.3, 0.4) is 0 Å². The molecule has 0 saturated carbocycles. The summed E-state index contributed by atoms with van der Waals surface area (Å²) in [7, 11) is 0. The highest BCUT2D eigenvalue weighted by molar-refractivity contribution is 6.22. The van der Waals surface area contributed by atoms with Crippen molar-refractivity contribution in [3.8, 4) is 39.1 Å². The smallest absolute Gasteiger partial charge is 0.163 e. The molecule has 0 amide bonds. The van der Waals surface area contributed by atoms with Gasteiger partial charge in [-0.3, -0.25) is 0 Å². The molecular formula is C57H38N4O. The minimum Gasteiger partial charge on any atom is -0.455 e. The van der Waals surface area contributed by atoms with E-state index in [0.29, 0.717) is 5.84 Å². The molecule has 292 valence electrons. The predicted octanol–water partition coefficient (Wildman–Crippen LogP) is 14.2.